The average Bonchev–Trinajstić information content (AvgIpc) is 2.17. The van der Waals surface area contributed by atoms with Gasteiger partial charge in [0.1, 0.15) is 7.05 Å². The third-order valence-corrected chi connectivity index (χ3v) is 2.15. The highest BCUT2D eigenvalue weighted by Crippen LogP contribution is 2.05. The predicted molar refractivity (Wildman–Crippen MR) is 36.8 cm³/mol. The van der Waals surface area contributed by atoms with Gasteiger partial charge in [-0.05, 0) is 4.80 Å². The minimum absolute atomic E-state index is 0.407. The van der Waals surface area contributed by atoms with Crippen LogP contribution in [-0.2, 0) is 14.1 Å². The van der Waals surface area contributed by atoms with Crippen LogP contribution in [0.15, 0.2) is 4.60 Å². The molecular formula is C5H6BrN4+. The summed E-state index contributed by atoms with van der Waals surface area (Å²) in [6.07, 6.45) is 0. The van der Waals surface area contributed by atoms with Gasteiger partial charge in [-0.2, -0.15) is 5.26 Å². The fourth-order valence-corrected chi connectivity index (χ4v) is 0.999. The van der Waals surface area contributed by atoms with Crippen LogP contribution >= 0.6 is 15.9 Å². The Morgan fingerprint density at radius 2 is 2.40 bits per heavy atom. The zero-order valence-electron chi connectivity index (χ0n) is 5.67. The first kappa shape index (κ1) is 7.22. The minimum atomic E-state index is 0.407. The van der Waals surface area contributed by atoms with Gasteiger partial charge in [-0.1, -0.05) is 0 Å². The first-order valence-corrected chi connectivity index (χ1v) is 3.45. The first-order valence-electron chi connectivity index (χ1n) is 2.65. The summed E-state index contributed by atoms with van der Waals surface area (Å²) in [6, 6.07) is 1.96. The molecule has 0 aliphatic heterocycles. The molecule has 1 heterocycles. The maximum Gasteiger partial charge on any atom is 0.332 e. The van der Waals surface area contributed by atoms with Crippen molar-refractivity contribution in [3.63, 3.8) is 0 Å². The Labute approximate surface area is 66.8 Å². The van der Waals surface area contributed by atoms with Crippen molar-refractivity contribution in [3.05, 3.63) is 10.3 Å². The molecule has 10 heavy (non-hydrogen) atoms. The van der Waals surface area contributed by atoms with Crippen molar-refractivity contribution in [2.24, 2.45) is 14.1 Å². The number of nitrogens with zero attached hydrogens (tertiary/aromatic N) is 4. The van der Waals surface area contributed by atoms with Crippen LogP contribution in [0.1, 0.15) is 5.69 Å². The Balaban J connectivity index is 3.34. The van der Waals surface area contributed by atoms with Gasteiger partial charge in [0.25, 0.3) is 4.60 Å². The quantitative estimate of drug-likeness (QED) is 0.550. The summed E-state index contributed by atoms with van der Waals surface area (Å²) in [6.45, 7) is 0. The standard InChI is InChI=1S/C5H6BrN4/c1-9-5(6)4(3-7)8-10(9)2/h1-2H3/q+1. The van der Waals surface area contributed by atoms with Crippen LogP contribution in [-0.4, -0.2) is 9.90 Å². The molecule has 5 heteroatoms. The lowest BCUT2D eigenvalue weighted by Crippen LogP contribution is -2.38. The molecule has 52 valence electrons. The van der Waals surface area contributed by atoms with E-state index in [1.807, 2.05) is 13.1 Å². The molecule has 0 fully saturated rings. The van der Waals surface area contributed by atoms with Crippen molar-refractivity contribution in [3.8, 4) is 6.07 Å². The van der Waals surface area contributed by atoms with Gasteiger partial charge in [0.05, 0.1) is 12.1 Å². The van der Waals surface area contributed by atoms with Gasteiger partial charge in [0.15, 0.2) is 6.07 Å². The summed E-state index contributed by atoms with van der Waals surface area (Å²) < 4.78 is 2.44. The van der Waals surface area contributed by atoms with E-state index in [0.29, 0.717) is 10.3 Å². The highest BCUT2D eigenvalue weighted by atomic mass is 79.9. The molecule has 0 unspecified atom stereocenters. The van der Waals surface area contributed by atoms with Gasteiger partial charge in [-0.15, -0.1) is 4.68 Å². The smallest absolute Gasteiger partial charge is 0.188 e. The third kappa shape index (κ3) is 0.907. The van der Waals surface area contributed by atoms with Crippen LogP contribution in [0.5, 0.6) is 0 Å². The molecule has 0 aliphatic carbocycles. The molecule has 0 spiro atoms. The number of halogens is 1. The van der Waals surface area contributed by atoms with Gasteiger partial charge in [-0.25, -0.2) is 0 Å². The van der Waals surface area contributed by atoms with Gasteiger partial charge < -0.3 is 0 Å². The summed E-state index contributed by atoms with van der Waals surface area (Å²) in [4.78, 5) is 1.59. The molecule has 0 saturated carbocycles. The Bertz CT molecular complexity index is 295. The second-order valence-electron chi connectivity index (χ2n) is 1.86. The van der Waals surface area contributed by atoms with E-state index in [0.717, 1.165) is 0 Å². The van der Waals surface area contributed by atoms with Gasteiger partial charge in [0.2, 0.25) is 0 Å². The van der Waals surface area contributed by atoms with Gasteiger partial charge in [-0.3, -0.25) is 0 Å². The van der Waals surface area contributed by atoms with E-state index < -0.39 is 0 Å². The van der Waals surface area contributed by atoms with Crippen molar-refractivity contribution in [1.82, 2.24) is 9.90 Å². The maximum atomic E-state index is 8.49. The van der Waals surface area contributed by atoms with E-state index in [1.54, 1.807) is 16.5 Å². The SMILES string of the molecule is Cn1nc(C#N)c(Br)[n+]1C. The minimum Gasteiger partial charge on any atom is -0.188 e. The lowest BCUT2D eigenvalue weighted by atomic mass is 10.5. The van der Waals surface area contributed by atoms with Crippen molar-refractivity contribution in [2.75, 3.05) is 0 Å². The summed E-state index contributed by atoms with van der Waals surface area (Å²) >= 11 is 3.22. The van der Waals surface area contributed by atoms with Crippen LogP contribution in [0.3, 0.4) is 0 Å². The zero-order valence-corrected chi connectivity index (χ0v) is 7.25. The molecule has 0 N–H and O–H groups in total. The number of rotatable bonds is 0. The molecule has 1 aromatic heterocycles. The van der Waals surface area contributed by atoms with Crippen molar-refractivity contribution in [2.45, 2.75) is 0 Å². The number of aromatic nitrogens is 3. The first-order chi connectivity index (χ1) is 4.66. The predicted octanol–water partition coefficient (Wildman–Crippen LogP) is -0.121. The summed E-state index contributed by atoms with van der Waals surface area (Å²) in [5.41, 5.74) is 0.407. The van der Waals surface area contributed by atoms with E-state index in [-0.39, 0.29) is 0 Å². The lowest BCUT2D eigenvalue weighted by molar-refractivity contribution is -0.765. The summed E-state index contributed by atoms with van der Waals surface area (Å²) in [7, 11) is 3.59. The second kappa shape index (κ2) is 2.39. The Morgan fingerprint density at radius 1 is 1.80 bits per heavy atom. The number of nitriles is 1. The largest absolute Gasteiger partial charge is 0.332 e. The average molecular weight is 202 g/mol. The van der Waals surface area contributed by atoms with Crippen LogP contribution in [0.4, 0.5) is 0 Å². The molecule has 0 aromatic carbocycles. The van der Waals surface area contributed by atoms with Crippen LogP contribution in [0.25, 0.3) is 0 Å². The topological polar surface area (TPSA) is 45.5 Å². The molecule has 4 nitrogen and oxygen atoms in total. The zero-order chi connectivity index (χ0) is 7.72. The molecular weight excluding hydrogens is 196 g/mol. The van der Waals surface area contributed by atoms with E-state index in [2.05, 4.69) is 21.0 Å². The number of aryl methyl sites for hydroxylation is 1. The Hall–Kier alpha value is -0.890. The van der Waals surface area contributed by atoms with E-state index in [1.165, 1.54) is 0 Å². The van der Waals surface area contributed by atoms with Crippen LogP contribution in [0, 0.1) is 11.3 Å². The molecule has 0 atom stereocenters. The van der Waals surface area contributed by atoms with E-state index in [9.17, 15) is 0 Å². The van der Waals surface area contributed by atoms with Gasteiger partial charge in [0, 0.05) is 15.9 Å². The van der Waals surface area contributed by atoms with E-state index in [4.69, 9.17) is 5.26 Å². The maximum absolute atomic E-state index is 8.49. The van der Waals surface area contributed by atoms with E-state index >= 15 is 0 Å². The molecule has 0 aliphatic rings. The van der Waals surface area contributed by atoms with Crippen molar-refractivity contribution < 1.29 is 4.68 Å². The highest BCUT2D eigenvalue weighted by molar-refractivity contribution is 9.10. The van der Waals surface area contributed by atoms with Crippen molar-refractivity contribution >= 4 is 15.9 Å². The third-order valence-electron chi connectivity index (χ3n) is 1.26. The second-order valence-corrected chi connectivity index (χ2v) is 2.62. The number of hydrogen-bond donors (Lipinski definition) is 0. The monoisotopic (exact) mass is 201 g/mol. The van der Waals surface area contributed by atoms with Crippen LogP contribution in [0.2, 0.25) is 0 Å². The molecule has 0 bridgehead atoms. The Kier molecular flexibility index (Phi) is 1.72. The summed E-state index contributed by atoms with van der Waals surface area (Å²) in [5, 5.41) is 12.4. The lowest BCUT2D eigenvalue weighted by Gasteiger charge is -1.84. The van der Waals surface area contributed by atoms with Gasteiger partial charge >= 0.3 is 5.69 Å². The molecule has 0 amide bonds. The molecule has 0 saturated heterocycles. The Morgan fingerprint density at radius 3 is 2.60 bits per heavy atom. The van der Waals surface area contributed by atoms with Crippen LogP contribution < -0.4 is 4.68 Å². The number of hydrogen-bond acceptors (Lipinski definition) is 2. The summed E-state index contributed by atoms with van der Waals surface area (Å²) in [5.74, 6) is 0. The molecule has 0 radical (unpaired) electrons. The normalized spacial score (nSPS) is 9.40. The fourth-order valence-electron chi connectivity index (χ4n) is 0.602. The van der Waals surface area contributed by atoms with Crippen molar-refractivity contribution in [1.29, 1.82) is 5.26 Å². The fraction of sp³-hybridized carbons (Fsp3) is 0.400. The molecule has 1 aromatic rings. The highest BCUT2D eigenvalue weighted by Gasteiger charge is 2.17. The molecule has 1 rings (SSSR count).